The Labute approximate surface area is 197 Å². The third kappa shape index (κ3) is 5.15. The molecule has 0 spiro atoms. The lowest BCUT2D eigenvalue weighted by molar-refractivity contribution is -0.916. The maximum Gasteiger partial charge on any atom is 0.259 e. The first-order chi connectivity index (χ1) is 15.8. The van der Waals surface area contributed by atoms with E-state index in [0.717, 1.165) is 56.0 Å². The van der Waals surface area contributed by atoms with Gasteiger partial charge in [-0.3, -0.25) is 4.79 Å². The van der Waals surface area contributed by atoms with Gasteiger partial charge in [0.05, 0.1) is 26.7 Å². The van der Waals surface area contributed by atoms with Gasteiger partial charge in [-0.25, -0.2) is 4.39 Å². The minimum absolute atomic E-state index is 0.105. The average molecular weight is 454 g/mol. The first-order valence-electron chi connectivity index (χ1n) is 12.4. The lowest BCUT2D eigenvalue weighted by atomic mass is 9.78. The summed E-state index contributed by atoms with van der Waals surface area (Å²) in [6.07, 6.45) is 6.61. The van der Waals surface area contributed by atoms with Crippen LogP contribution in [0.15, 0.2) is 54.6 Å². The van der Waals surface area contributed by atoms with Crippen molar-refractivity contribution in [2.75, 3.05) is 33.7 Å². The first-order valence-corrected chi connectivity index (χ1v) is 12.4. The SMILES string of the molecule is C[N+](C)(CCc1ccccc1)C1CCN(C(=O)C(O)(c2ccc(F)cc2)C2CCCC2)CC1. The van der Waals surface area contributed by atoms with E-state index in [2.05, 4.69) is 44.4 Å². The minimum Gasteiger partial charge on any atom is -0.375 e. The summed E-state index contributed by atoms with van der Waals surface area (Å²) in [6.45, 7) is 2.38. The number of aliphatic hydroxyl groups is 1. The second kappa shape index (κ2) is 9.94. The molecule has 4 rings (SSSR count). The van der Waals surface area contributed by atoms with Crippen LogP contribution < -0.4 is 0 Å². The van der Waals surface area contributed by atoms with Crippen molar-refractivity contribution >= 4 is 5.91 Å². The van der Waals surface area contributed by atoms with Crippen molar-refractivity contribution in [2.45, 2.75) is 56.6 Å². The Kier molecular flexibility index (Phi) is 7.20. The molecule has 0 radical (unpaired) electrons. The van der Waals surface area contributed by atoms with Crippen LogP contribution in [0.3, 0.4) is 0 Å². The van der Waals surface area contributed by atoms with Crippen LogP contribution in [-0.2, 0) is 16.8 Å². The topological polar surface area (TPSA) is 40.5 Å². The predicted octanol–water partition coefficient (Wildman–Crippen LogP) is 4.51. The van der Waals surface area contributed by atoms with Crippen LogP contribution >= 0.6 is 0 Å². The van der Waals surface area contributed by atoms with Crippen molar-refractivity contribution in [3.05, 3.63) is 71.5 Å². The monoisotopic (exact) mass is 453 g/mol. The number of likely N-dealkylation sites (N-methyl/N-ethyl adjacent to an activating group) is 1. The summed E-state index contributed by atoms with van der Waals surface area (Å²) in [7, 11) is 4.58. The molecule has 33 heavy (non-hydrogen) atoms. The molecule has 178 valence electrons. The molecule has 2 aliphatic rings. The molecule has 1 saturated carbocycles. The van der Waals surface area contributed by atoms with E-state index < -0.39 is 5.60 Å². The number of hydrogen-bond donors (Lipinski definition) is 1. The number of quaternary nitrogens is 1. The third-order valence-corrected chi connectivity index (χ3v) is 8.12. The smallest absolute Gasteiger partial charge is 0.259 e. The van der Waals surface area contributed by atoms with Gasteiger partial charge in [0.25, 0.3) is 5.91 Å². The molecule has 5 heteroatoms. The number of carbonyl (C=O) groups excluding carboxylic acids is 1. The Morgan fingerprint density at radius 2 is 1.61 bits per heavy atom. The van der Waals surface area contributed by atoms with Crippen LogP contribution in [0.1, 0.15) is 49.7 Å². The summed E-state index contributed by atoms with van der Waals surface area (Å²) < 4.78 is 14.5. The Morgan fingerprint density at radius 1 is 1.00 bits per heavy atom. The highest BCUT2D eigenvalue weighted by Gasteiger charge is 2.49. The van der Waals surface area contributed by atoms with E-state index in [9.17, 15) is 14.3 Å². The summed E-state index contributed by atoms with van der Waals surface area (Å²) in [5.74, 6) is -0.656. The number of likely N-dealkylation sites (tertiary alicyclic amines) is 1. The molecule has 1 heterocycles. The van der Waals surface area contributed by atoms with Crippen molar-refractivity contribution in [1.29, 1.82) is 0 Å². The van der Waals surface area contributed by atoms with E-state index in [0.29, 0.717) is 24.7 Å². The lowest BCUT2D eigenvalue weighted by Gasteiger charge is -2.45. The highest BCUT2D eigenvalue weighted by Crippen LogP contribution is 2.42. The van der Waals surface area contributed by atoms with E-state index in [1.807, 2.05) is 4.90 Å². The third-order valence-electron chi connectivity index (χ3n) is 8.12. The molecule has 1 aliphatic carbocycles. The number of nitrogens with zero attached hydrogens (tertiary/aromatic N) is 2. The molecule has 2 aromatic rings. The first kappa shape index (κ1) is 23.9. The van der Waals surface area contributed by atoms with Crippen LogP contribution in [0.25, 0.3) is 0 Å². The number of hydrogen-bond acceptors (Lipinski definition) is 2. The van der Waals surface area contributed by atoms with Gasteiger partial charge < -0.3 is 14.5 Å². The number of amides is 1. The van der Waals surface area contributed by atoms with Crippen molar-refractivity contribution in [3.63, 3.8) is 0 Å². The van der Waals surface area contributed by atoms with Gasteiger partial charge in [-0.2, -0.15) is 0 Å². The van der Waals surface area contributed by atoms with Crippen LogP contribution in [0, 0.1) is 11.7 Å². The van der Waals surface area contributed by atoms with Gasteiger partial charge >= 0.3 is 0 Å². The number of rotatable bonds is 7. The number of benzene rings is 2. The second-order valence-corrected chi connectivity index (χ2v) is 10.5. The standard InChI is InChI=1S/C28H38FN2O2/c1-31(2,21-18-22-8-4-3-5-9-22)26-16-19-30(20-17-26)27(32)28(33,23-10-6-7-11-23)24-12-14-25(29)15-13-24/h3-5,8-9,12-15,23,26,33H,6-7,10-11,16-21H2,1-2H3/q+1. The molecule has 1 aliphatic heterocycles. The summed E-state index contributed by atoms with van der Waals surface area (Å²) in [4.78, 5) is 15.6. The molecule has 1 unspecified atom stereocenters. The van der Waals surface area contributed by atoms with Crippen LogP contribution in [-0.4, -0.2) is 60.2 Å². The molecule has 0 aromatic heterocycles. The van der Waals surface area contributed by atoms with Gasteiger partial charge in [-0.15, -0.1) is 0 Å². The van der Waals surface area contributed by atoms with Crippen molar-refractivity contribution < 1.29 is 18.8 Å². The Morgan fingerprint density at radius 3 is 2.21 bits per heavy atom. The minimum atomic E-state index is -1.56. The lowest BCUT2D eigenvalue weighted by Crippen LogP contribution is -2.58. The molecule has 4 nitrogen and oxygen atoms in total. The van der Waals surface area contributed by atoms with Crippen LogP contribution in [0.2, 0.25) is 0 Å². The number of halogens is 1. The average Bonchev–Trinajstić information content (AvgIpc) is 3.39. The van der Waals surface area contributed by atoms with Crippen LogP contribution in [0.4, 0.5) is 4.39 Å². The molecule has 2 aromatic carbocycles. The van der Waals surface area contributed by atoms with E-state index >= 15 is 0 Å². The van der Waals surface area contributed by atoms with Gasteiger partial charge in [0.15, 0.2) is 5.60 Å². The quantitative estimate of drug-likeness (QED) is 0.627. The zero-order valence-corrected chi connectivity index (χ0v) is 20.0. The van der Waals surface area contributed by atoms with Gasteiger partial charge in [-0.05, 0) is 36.1 Å². The zero-order chi connectivity index (χ0) is 23.5. The molecule has 1 amide bonds. The summed E-state index contributed by atoms with van der Waals surface area (Å²) in [5.41, 5.74) is 0.327. The van der Waals surface area contributed by atoms with E-state index in [1.54, 1.807) is 12.1 Å². The fourth-order valence-corrected chi connectivity index (χ4v) is 5.83. The van der Waals surface area contributed by atoms with Gasteiger partial charge in [0.2, 0.25) is 0 Å². The molecular formula is C28H38FN2O2+. The van der Waals surface area contributed by atoms with Gasteiger partial charge in [0.1, 0.15) is 5.82 Å². The largest absolute Gasteiger partial charge is 0.375 e. The second-order valence-electron chi connectivity index (χ2n) is 10.5. The van der Waals surface area contributed by atoms with Gasteiger partial charge in [-0.1, -0.05) is 55.3 Å². The Bertz CT molecular complexity index is 917. The molecule has 1 N–H and O–H groups in total. The highest BCUT2D eigenvalue weighted by atomic mass is 19.1. The maximum absolute atomic E-state index is 13.7. The van der Waals surface area contributed by atoms with Crippen LogP contribution in [0.5, 0.6) is 0 Å². The van der Waals surface area contributed by atoms with E-state index in [-0.39, 0.29) is 17.6 Å². The highest BCUT2D eigenvalue weighted by molar-refractivity contribution is 5.87. The van der Waals surface area contributed by atoms with Gasteiger partial charge in [0, 0.05) is 38.3 Å². The molecule has 1 saturated heterocycles. The normalized spacial score (nSPS) is 20.1. The fraction of sp³-hybridized carbons (Fsp3) is 0.536. The molecule has 2 fully saturated rings. The maximum atomic E-state index is 13.7. The summed E-state index contributed by atoms with van der Waals surface area (Å²) in [5, 5.41) is 11.8. The fourth-order valence-electron chi connectivity index (χ4n) is 5.83. The van der Waals surface area contributed by atoms with Crippen molar-refractivity contribution in [2.24, 2.45) is 5.92 Å². The summed E-state index contributed by atoms with van der Waals surface area (Å²) >= 11 is 0. The molecule has 1 atom stereocenters. The zero-order valence-electron chi connectivity index (χ0n) is 20.0. The molecular weight excluding hydrogens is 415 g/mol. The number of piperidine rings is 1. The van der Waals surface area contributed by atoms with Crippen molar-refractivity contribution in [3.8, 4) is 0 Å². The number of carbonyl (C=O) groups is 1. The molecule has 0 bridgehead atoms. The van der Waals surface area contributed by atoms with Crippen molar-refractivity contribution in [1.82, 2.24) is 4.90 Å². The summed E-state index contributed by atoms with van der Waals surface area (Å²) in [6, 6.07) is 16.9. The Hall–Kier alpha value is -2.24. The van der Waals surface area contributed by atoms with E-state index in [1.165, 1.54) is 17.7 Å². The predicted molar refractivity (Wildman–Crippen MR) is 129 cm³/mol. The van der Waals surface area contributed by atoms with E-state index in [4.69, 9.17) is 0 Å². The Balaban J connectivity index is 1.43.